The Balaban J connectivity index is 3.94. The van der Waals surface area contributed by atoms with Crippen LogP contribution < -0.4 is 0 Å². The second-order valence-corrected chi connectivity index (χ2v) is 8.81. The molecule has 0 radical (unpaired) electrons. The number of hydrogen-bond acceptors (Lipinski definition) is 6. The van der Waals surface area contributed by atoms with Crippen LogP contribution in [0.3, 0.4) is 0 Å². The van der Waals surface area contributed by atoms with E-state index in [4.69, 9.17) is 9.47 Å². The zero-order valence-electron chi connectivity index (χ0n) is 17.8. The van der Waals surface area contributed by atoms with Gasteiger partial charge in [-0.25, -0.2) is 0 Å². The lowest BCUT2D eigenvalue weighted by Gasteiger charge is -2.13. The molecule has 0 aliphatic rings. The molecule has 0 amide bonds. The molecule has 1 N–H and O–H groups in total. The Morgan fingerprint density at radius 2 is 1.41 bits per heavy atom. The van der Waals surface area contributed by atoms with Gasteiger partial charge in [-0.2, -0.15) is 8.42 Å². The maximum Gasteiger partial charge on any atom is 0.327 e. The number of ether oxygens (including phenoxy) is 2. The molecular formula is C21H38O7S. The van der Waals surface area contributed by atoms with Gasteiger partial charge in [-0.15, -0.1) is 6.58 Å². The van der Waals surface area contributed by atoms with Gasteiger partial charge in [0.1, 0.15) is 0 Å². The molecule has 0 heterocycles. The minimum Gasteiger partial charge on any atom is -0.465 e. The molecule has 0 aliphatic heterocycles. The molecule has 1 unspecified atom stereocenters. The van der Waals surface area contributed by atoms with E-state index in [1.165, 1.54) is 51.0 Å². The predicted octanol–water partition coefficient (Wildman–Crippen LogP) is 4.61. The second-order valence-electron chi connectivity index (χ2n) is 7.21. The maximum atomic E-state index is 12.0. The van der Waals surface area contributed by atoms with Crippen molar-refractivity contribution in [2.75, 3.05) is 13.2 Å². The van der Waals surface area contributed by atoms with E-state index in [2.05, 4.69) is 13.5 Å². The molecular weight excluding hydrogens is 396 g/mol. The first-order valence-electron chi connectivity index (χ1n) is 10.7. The minimum absolute atomic E-state index is 0.0360. The fraction of sp³-hybridized carbons (Fsp3) is 0.810. The highest BCUT2D eigenvalue weighted by molar-refractivity contribution is 7.87. The molecule has 0 aliphatic carbocycles. The number of hydrogen-bond donors (Lipinski definition) is 1. The van der Waals surface area contributed by atoms with E-state index in [0.29, 0.717) is 12.8 Å². The lowest BCUT2D eigenvalue weighted by Crippen LogP contribution is -2.34. The van der Waals surface area contributed by atoms with Crippen LogP contribution >= 0.6 is 0 Å². The first-order valence-corrected chi connectivity index (χ1v) is 12.2. The van der Waals surface area contributed by atoms with E-state index in [9.17, 15) is 22.6 Å². The summed E-state index contributed by atoms with van der Waals surface area (Å²) in [7, 11) is -4.75. The quantitative estimate of drug-likeness (QED) is 0.137. The average Bonchev–Trinajstić information content (AvgIpc) is 2.66. The van der Waals surface area contributed by atoms with Crippen molar-refractivity contribution in [3.8, 4) is 0 Å². The molecule has 7 nitrogen and oxygen atoms in total. The van der Waals surface area contributed by atoms with Gasteiger partial charge in [-0.3, -0.25) is 14.1 Å². The number of carbonyl (C=O) groups is 2. The van der Waals surface area contributed by atoms with Crippen LogP contribution in [0.25, 0.3) is 0 Å². The van der Waals surface area contributed by atoms with Crippen LogP contribution in [0, 0.1) is 0 Å². The summed E-state index contributed by atoms with van der Waals surface area (Å²) in [4.78, 5) is 23.6. The lowest BCUT2D eigenvalue weighted by atomic mass is 10.1. The van der Waals surface area contributed by atoms with Crippen LogP contribution in [0.4, 0.5) is 0 Å². The first kappa shape index (κ1) is 27.6. The second kappa shape index (κ2) is 17.4. The molecule has 0 saturated heterocycles. The summed E-state index contributed by atoms with van der Waals surface area (Å²) in [6, 6.07) is 0. The highest BCUT2D eigenvalue weighted by atomic mass is 32.2. The van der Waals surface area contributed by atoms with E-state index in [-0.39, 0.29) is 13.2 Å². The monoisotopic (exact) mass is 434 g/mol. The topological polar surface area (TPSA) is 107 Å². The van der Waals surface area contributed by atoms with Gasteiger partial charge < -0.3 is 9.47 Å². The third kappa shape index (κ3) is 16.1. The van der Waals surface area contributed by atoms with E-state index in [1.807, 2.05) is 0 Å². The summed E-state index contributed by atoms with van der Waals surface area (Å²) in [6.07, 6.45) is 13.8. The number of unbranched alkanes of at least 4 members (excludes halogenated alkanes) is 10. The third-order valence-corrected chi connectivity index (χ3v) is 5.63. The molecule has 0 spiro atoms. The highest BCUT2D eigenvalue weighted by Gasteiger charge is 2.35. The summed E-state index contributed by atoms with van der Waals surface area (Å²) in [5.74, 6) is -2.01. The molecule has 0 aromatic carbocycles. The van der Waals surface area contributed by atoms with Crippen LogP contribution in [0.15, 0.2) is 12.7 Å². The van der Waals surface area contributed by atoms with Crippen molar-refractivity contribution in [3.05, 3.63) is 12.7 Å². The highest BCUT2D eigenvalue weighted by Crippen LogP contribution is 2.12. The minimum atomic E-state index is -4.75. The fourth-order valence-corrected chi connectivity index (χ4v) is 3.47. The van der Waals surface area contributed by atoms with Gasteiger partial charge >= 0.3 is 11.9 Å². The molecule has 170 valence electrons. The summed E-state index contributed by atoms with van der Waals surface area (Å²) in [5.41, 5.74) is 0. The van der Waals surface area contributed by atoms with Gasteiger partial charge in [-0.1, -0.05) is 77.2 Å². The zero-order chi connectivity index (χ0) is 22.0. The molecule has 0 rings (SSSR count). The van der Waals surface area contributed by atoms with Gasteiger partial charge in [0.15, 0.2) is 5.25 Å². The van der Waals surface area contributed by atoms with Crippen molar-refractivity contribution in [3.63, 3.8) is 0 Å². The summed E-state index contributed by atoms with van der Waals surface area (Å²) < 4.78 is 41.7. The van der Waals surface area contributed by atoms with Gasteiger partial charge in [0, 0.05) is 0 Å². The Bertz CT molecular complexity index is 557. The van der Waals surface area contributed by atoms with Gasteiger partial charge in [0.25, 0.3) is 10.1 Å². The van der Waals surface area contributed by atoms with E-state index in [0.717, 1.165) is 19.3 Å². The Morgan fingerprint density at radius 3 is 1.90 bits per heavy atom. The Hall–Kier alpha value is -1.41. The normalized spacial score (nSPS) is 12.3. The summed E-state index contributed by atoms with van der Waals surface area (Å²) in [5, 5.41) is -1.95. The predicted molar refractivity (Wildman–Crippen MR) is 113 cm³/mol. The van der Waals surface area contributed by atoms with Gasteiger partial charge in [-0.05, 0) is 12.8 Å². The van der Waals surface area contributed by atoms with Crippen molar-refractivity contribution >= 4 is 22.1 Å². The smallest absolute Gasteiger partial charge is 0.327 e. The van der Waals surface area contributed by atoms with Crippen LogP contribution in [-0.4, -0.2) is 43.4 Å². The molecule has 0 fully saturated rings. The van der Waals surface area contributed by atoms with Crippen molar-refractivity contribution < 1.29 is 32.0 Å². The van der Waals surface area contributed by atoms with Crippen molar-refractivity contribution in [2.45, 2.75) is 95.6 Å². The summed E-state index contributed by atoms with van der Waals surface area (Å²) >= 11 is 0. The van der Waals surface area contributed by atoms with Crippen LogP contribution in [0.1, 0.15) is 90.4 Å². The lowest BCUT2D eigenvalue weighted by molar-refractivity contribution is -0.150. The molecule has 0 bridgehead atoms. The molecule has 29 heavy (non-hydrogen) atoms. The van der Waals surface area contributed by atoms with Gasteiger partial charge in [0.2, 0.25) is 0 Å². The molecule has 8 heteroatoms. The van der Waals surface area contributed by atoms with E-state index < -0.39 is 33.7 Å². The molecule has 1 atom stereocenters. The number of esters is 2. The molecule has 0 aromatic rings. The molecule has 0 aromatic heterocycles. The van der Waals surface area contributed by atoms with Gasteiger partial charge in [0.05, 0.1) is 19.6 Å². The SMILES string of the molecule is C=CCCOC(=O)CC(C(=O)OCCCCCCCCCCCCC)S(=O)(=O)O. The molecule has 0 saturated carbocycles. The Labute approximate surface area is 176 Å². The maximum absolute atomic E-state index is 12.0. The van der Waals surface area contributed by atoms with Crippen LogP contribution in [-0.2, 0) is 29.2 Å². The standard InChI is InChI=1S/C21H38O7S/c1-3-5-7-8-9-10-11-12-13-14-15-17-28-21(23)19(29(24,25)26)18-20(22)27-16-6-4-2/h4,19H,2-3,5-18H2,1H3,(H,24,25,26). The average molecular weight is 435 g/mol. The zero-order valence-corrected chi connectivity index (χ0v) is 18.6. The Morgan fingerprint density at radius 1 is 0.897 bits per heavy atom. The Kier molecular flexibility index (Phi) is 16.6. The first-order chi connectivity index (χ1) is 13.8. The number of rotatable bonds is 19. The third-order valence-electron chi connectivity index (χ3n) is 4.55. The van der Waals surface area contributed by atoms with Crippen molar-refractivity contribution in [1.29, 1.82) is 0 Å². The van der Waals surface area contributed by atoms with E-state index in [1.54, 1.807) is 0 Å². The fourth-order valence-electron chi connectivity index (χ4n) is 2.81. The van der Waals surface area contributed by atoms with Crippen molar-refractivity contribution in [2.24, 2.45) is 0 Å². The van der Waals surface area contributed by atoms with Crippen LogP contribution in [0.5, 0.6) is 0 Å². The summed E-state index contributed by atoms with van der Waals surface area (Å²) in [6.45, 7) is 5.77. The van der Waals surface area contributed by atoms with Crippen LogP contribution in [0.2, 0.25) is 0 Å². The number of carbonyl (C=O) groups excluding carboxylic acids is 2. The largest absolute Gasteiger partial charge is 0.465 e. The van der Waals surface area contributed by atoms with Crippen molar-refractivity contribution in [1.82, 2.24) is 0 Å². The van der Waals surface area contributed by atoms with E-state index >= 15 is 0 Å².